The van der Waals surface area contributed by atoms with Gasteiger partial charge < -0.3 is 14.6 Å². The molecule has 0 bridgehead atoms. The molecule has 0 saturated heterocycles. The normalized spacial score (nSPS) is 20.4. The molecule has 2 aliphatic rings. The fraction of sp³-hybridized carbons (Fsp3) is 0.423. The number of carboxylic acids is 1. The predicted octanol–water partition coefficient (Wildman–Crippen LogP) is 5.56. The van der Waals surface area contributed by atoms with Crippen LogP contribution in [-0.2, 0) is 29.1 Å². The summed E-state index contributed by atoms with van der Waals surface area (Å²) in [4.78, 5) is 31.0. The van der Waals surface area contributed by atoms with Gasteiger partial charge in [-0.3, -0.25) is 9.59 Å². The lowest BCUT2D eigenvalue weighted by Gasteiger charge is -2.31. The van der Waals surface area contributed by atoms with Crippen molar-refractivity contribution in [2.45, 2.75) is 51.6 Å². The molecule has 178 valence electrons. The molecule has 1 aromatic carbocycles. The van der Waals surface area contributed by atoms with Gasteiger partial charge >= 0.3 is 5.97 Å². The first-order valence-electron chi connectivity index (χ1n) is 11.8. The van der Waals surface area contributed by atoms with Crippen molar-refractivity contribution >= 4 is 46.1 Å². The van der Waals surface area contributed by atoms with Crippen LogP contribution in [0.4, 0.5) is 0 Å². The highest BCUT2D eigenvalue weighted by molar-refractivity contribution is 6.42. The van der Waals surface area contributed by atoms with Gasteiger partial charge in [-0.25, -0.2) is 4.98 Å². The second-order valence-electron chi connectivity index (χ2n) is 9.46. The minimum Gasteiger partial charge on any atom is -0.481 e. The number of carbonyl (C=O) groups excluding carboxylic acids is 1. The maximum Gasteiger partial charge on any atom is 0.306 e. The molecule has 3 heterocycles. The van der Waals surface area contributed by atoms with Crippen molar-refractivity contribution < 1.29 is 14.7 Å². The fourth-order valence-corrected chi connectivity index (χ4v) is 5.77. The van der Waals surface area contributed by atoms with Crippen LogP contribution in [-0.4, -0.2) is 38.0 Å². The lowest BCUT2D eigenvalue weighted by molar-refractivity contribution is -0.143. The minimum absolute atomic E-state index is 0.156. The van der Waals surface area contributed by atoms with Gasteiger partial charge in [0, 0.05) is 36.8 Å². The first-order valence-corrected chi connectivity index (χ1v) is 12.6. The Morgan fingerprint density at radius 2 is 1.88 bits per heavy atom. The number of fused-ring (bicyclic) bond motifs is 3. The van der Waals surface area contributed by atoms with Gasteiger partial charge in [0.05, 0.1) is 22.5 Å². The average molecular weight is 500 g/mol. The number of benzene rings is 1. The zero-order valence-corrected chi connectivity index (χ0v) is 20.4. The van der Waals surface area contributed by atoms with Crippen LogP contribution < -0.4 is 0 Å². The number of halogens is 2. The van der Waals surface area contributed by atoms with Gasteiger partial charge in [0.1, 0.15) is 5.65 Å². The highest BCUT2D eigenvalue weighted by atomic mass is 35.5. The van der Waals surface area contributed by atoms with E-state index < -0.39 is 5.97 Å². The number of rotatable bonds is 5. The van der Waals surface area contributed by atoms with Crippen LogP contribution in [0.5, 0.6) is 0 Å². The van der Waals surface area contributed by atoms with Crippen molar-refractivity contribution in [1.29, 1.82) is 0 Å². The summed E-state index contributed by atoms with van der Waals surface area (Å²) in [5.41, 5.74) is 4.32. The Morgan fingerprint density at radius 3 is 2.62 bits per heavy atom. The van der Waals surface area contributed by atoms with E-state index in [0.717, 1.165) is 41.6 Å². The molecule has 1 amide bonds. The lowest BCUT2D eigenvalue weighted by Crippen LogP contribution is -2.38. The molecule has 1 N–H and O–H groups in total. The Balaban J connectivity index is 1.36. The monoisotopic (exact) mass is 499 g/mol. The van der Waals surface area contributed by atoms with Crippen molar-refractivity contribution in [1.82, 2.24) is 14.5 Å². The number of hydrogen-bond donors (Lipinski definition) is 1. The SMILES string of the molecule is O=C(C[C@H]1CC[C@@H](C(=O)O)CC1)N1CCc2c(n(Cc3ccc(Cl)c(Cl)c3)c3ncccc23)C1. The van der Waals surface area contributed by atoms with E-state index in [4.69, 9.17) is 23.2 Å². The van der Waals surface area contributed by atoms with Crippen molar-refractivity contribution in [3.63, 3.8) is 0 Å². The Hall–Kier alpha value is -2.57. The van der Waals surface area contributed by atoms with E-state index in [1.165, 1.54) is 5.56 Å². The van der Waals surface area contributed by atoms with Gasteiger partial charge in [-0.1, -0.05) is 29.3 Å². The van der Waals surface area contributed by atoms with Gasteiger partial charge in [-0.15, -0.1) is 0 Å². The summed E-state index contributed by atoms with van der Waals surface area (Å²) in [5.74, 6) is -0.540. The molecule has 8 heteroatoms. The molecule has 3 aromatic rings. The van der Waals surface area contributed by atoms with Crippen LogP contribution in [0, 0.1) is 11.8 Å². The number of aromatic nitrogens is 2. The van der Waals surface area contributed by atoms with Crippen LogP contribution in [0.3, 0.4) is 0 Å². The summed E-state index contributed by atoms with van der Waals surface area (Å²) < 4.78 is 2.20. The Labute approximate surface area is 208 Å². The van der Waals surface area contributed by atoms with E-state index in [2.05, 4.69) is 15.6 Å². The molecular formula is C26H27Cl2N3O3. The van der Waals surface area contributed by atoms with Gasteiger partial charge in [0.15, 0.2) is 0 Å². The maximum atomic E-state index is 13.2. The van der Waals surface area contributed by atoms with E-state index in [1.807, 2.05) is 23.1 Å². The number of amides is 1. The zero-order chi connectivity index (χ0) is 23.8. The van der Waals surface area contributed by atoms with Crippen molar-refractivity contribution in [3.05, 3.63) is 63.4 Å². The molecule has 1 saturated carbocycles. The summed E-state index contributed by atoms with van der Waals surface area (Å²) in [6.45, 7) is 1.84. The van der Waals surface area contributed by atoms with E-state index in [0.29, 0.717) is 48.9 Å². The molecule has 0 radical (unpaired) electrons. The van der Waals surface area contributed by atoms with Crippen LogP contribution in [0.25, 0.3) is 11.0 Å². The van der Waals surface area contributed by atoms with E-state index >= 15 is 0 Å². The number of pyridine rings is 1. The molecule has 0 atom stereocenters. The molecule has 1 fully saturated rings. The number of hydrogen-bond acceptors (Lipinski definition) is 3. The number of nitrogens with zero attached hydrogens (tertiary/aromatic N) is 3. The van der Waals surface area contributed by atoms with Gasteiger partial charge in [0.25, 0.3) is 0 Å². The summed E-state index contributed by atoms with van der Waals surface area (Å²) >= 11 is 12.4. The second-order valence-corrected chi connectivity index (χ2v) is 10.3. The molecule has 1 aliphatic heterocycles. The van der Waals surface area contributed by atoms with Gasteiger partial charge in [-0.05, 0) is 73.4 Å². The third-order valence-electron chi connectivity index (χ3n) is 7.35. The van der Waals surface area contributed by atoms with E-state index in [1.54, 1.807) is 12.3 Å². The molecule has 0 spiro atoms. The van der Waals surface area contributed by atoms with Crippen molar-refractivity contribution in [2.75, 3.05) is 6.54 Å². The zero-order valence-electron chi connectivity index (χ0n) is 18.8. The smallest absolute Gasteiger partial charge is 0.306 e. The molecule has 0 unspecified atom stereocenters. The number of carbonyl (C=O) groups is 2. The minimum atomic E-state index is -0.711. The van der Waals surface area contributed by atoms with E-state index in [-0.39, 0.29) is 17.7 Å². The summed E-state index contributed by atoms with van der Waals surface area (Å²) in [6.07, 6.45) is 6.04. The lowest BCUT2D eigenvalue weighted by atomic mass is 9.80. The summed E-state index contributed by atoms with van der Waals surface area (Å²) in [5, 5.41) is 11.4. The first kappa shape index (κ1) is 23.2. The Kier molecular flexibility index (Phi) is 6.54. The fourth-order valence-electron chi connectivity index (χ4n) is 5.45. The quantitative estimate of drug-likeness (QED) is 0.498. The van der Waals surface area contributed by atoms with Crippen molar-refractivity contribution in [2.24, 2.45) is 11.8 Å². The Bertz CT molecular complexity index is 1250. The van der Waals surface area contributed by atoms with Crippen LogP contribution in [0.15, 0.2) is 36.5 Å². The number of aliphatic carboxylic acids is 1. The highest BCUT2D eigenvalue weighted by Crippen LogP contribution is 2.34. The molecule has 6 nitrogen and oxygen atoms in total. The first-order chi connectivity index (χ1) is 16.4. The third-order valence-corrected chi connectivity index (χ3v) is 8.09. The third kappa shape index (κ3) is 4.53. The molecule has 1 aliphatic carbocycles. The average Bonchev–Trinajstić information content (AvgIpc) is 3.15. The summed E-state index contributed by atoms with van der Waals surface area (Å²) in [6, 6.07) is 9.71. The van der Waals surface area contributed by atoms with Crippen molar-refractivity contribution in [3.8, 4) is 0 Å². The second kappa shape index (κ2) is 9.59. The molecular weight excluding hydrogens is 473 g/mol. The van der Waals surface area contributed by atoms with Crippen LogP contribution in [0.2, 0.25) is 10.0 Å². The summed E-state index contributed by atoms with van der Waals surface area (Å²) in [7, 11) is 0. The van der Waals surface area contributed by atoms with Gasteiger partial charge in [0.2, 0.25) is 5.91 Å². The molecule has 34 heavy (non-hydrogen) atoms. The van der Waals surface area contributed by atoms with Crippen LogP contribution in [0.1, 0.15) is 48.9 Å². The topological polar surface area (TPSA) is 75.4 Å². The van der Waals surface area contributed by atoms with E-state index in [9.17, 15) is 14.7 Å². The largest absolute Gasteiger partial charge is 0.481 e. The predicted molar refractivity (Wildman–Crippen MR) is 132 cm³/mol. The molecule has 5 rings (SSSR count). The Morgan fingerprint density at radius 1 is 1.09 bits per heavy atom. The molecule has 2 aromatic heterocycles. The maximum absolute atomic E-state index is 13.2. The number of carboxylic acid groups (broad SMARTS) is 1. The van der Waals surface area contributed by atoms with Gasteiger partial charge in [-0.2, -0.15) is 0 Å². The highest BCUT2D eigenvalue weighted by Gasteiger charge is 2.31. The standard InChI is InChI=1S/C26H27Cl2N3O3/c27-21-8-5-17(12-22(21)28)14-31-23-15-30(11-9-19(23)20-2-1-10-29-25(20)31)24(32)13-16-3-6-18(7-4-16)26(33)34/h1-2,5,8,10,12,16,18H,3-4,6-7,9,11,13-15H2,(H,33,34)/t16-,18+. The van der Waals surface area contributed by atoms with Crippen LogP contribution >= 0.6 is 23.2 Å².